The average molecular weight is 449 g/mol. The van der Waals surface area contributed by atoms with Gasteiger partial charge in [-0.3, -0.25) is 9.36 Å². The van der Waals surface area contributed by atoms with Gasteiger partial charge in [-0.25, -0.2) is 0 Å². The first-order valence-electron chi connectivity index (χ1n) is 10.1. The van der Waals surface area contributed by atoms with Crippen LogP contribution in [-0.4, -0.2) is 33.5 Å². The maximum absolute atomic E-state index is 12.6. The molecule has 0 fully saturated rings. The molecule has 8 heteroatoms. The molecule has 0 aliphatic carbocycles. The number of aromatic nitrogens is 3. The quantitative estimate of drug-likeness (QED) is 0.384. The fourth-order valence-corrected chi connectivity index (χ4v) is 4.11. The lowest BCUT2D eigenvalue weighted by Gasteiger charge is -2.12. The molecule has 32 heavy (non-hydrogen) atoms. The number of anilines is 1. The van der Waals surface area contributed by atoms with Crippen LogP contribution in [0.2, 0.25) is 0 Å². The Morgan fingerprint density at radius 3 is 2.47 bits per heavy atom. The van der Waals surface area contributed by atoms with Gasteiger partial charge in [0.2, 0.25) is 5.91 Å². The van der Waals surface area contributed by atoms with Gasteiger partial charge in [-0.1, -0.05) is 30.0 Å². The van der Waals surface area contributed by atoms with Crippen molar-refractivity contribution < 1.29 is 13.9 Å². The van der Waals surface area contributed by atoms with Crippen molar-refractivity contribution in [1.82, 2.24) is 14.8 Å². The number of methoxy groups -OCH3 is 1. The van der Waals surface area contributed by atoms with Crippen LogP contribution >= 0.6 is 11.8 Å². The molecule has 4 rings (SSSR count). The largest absolute Gasteiger partial charge is 0.497 e. The summed E-state index contributed by atoms with van der Waals surface area (Å²) in [7, 11) is 1.63. The number of benzene rings is 2. The minimum absolute atomic E-state index is 0.0917. The zero-order chi connectivity index (χ0) is 22.5. The Morgan fingerprint density at radius 1 is 1.06 bits per heavy atom. The summed E-state index contributed by atoms with van der Waals surface area (Å²) in [5.74, 6) is 2.37. The zero-order valence-electron chi connectivity index (χ0n) is 18.2. The molecule has 0 saturated carbocycles. The number of hydrogen-bond donors (Lipinski definition) is 1. The number of nitrogens with one attached hydrogen (secondary N) is 1. The Kier molecular flexibility index (Phi) is 6.61. The van der Waals surface area contributed by atoms with E-state index in [0.717, 1.165) is 33.9 Å². The predicted molar refractivity (Wildman–Crippen MR) is 125 cm³/mol. The maximum Gasteiger partial charge on any atom is 0.234 e. The summed E-state index contributed by atoms with van der Waals surface area (Å²) in [5, 5.41) is 12.4. The predicted octanol–water partition coefficient (Wildman–Crippen LogP) is 4.94. The second-order valence-electron chi connectivity index (χ2n) is 7.30. The van der Waals surface area contributed by atoms with Crippen LogP contribution in [0.1, 0.15) is 16.9 Å². The molecule has 0 aliphatic heterocycles. The third-order valence-electron chi connectivity index (χ3n) is 5.04. The molecule has 0 aliphatic rings. The summed E-state index contributed by atoms with van der Waals surface area (Å²) in [6, 6.07) is 17.3. The first-order chi connectivity index (χ1) is 15.5. The van der Waals surface area contributed by atoms with E-state index < -0.39 is 0 Å². The summed E-state index contributed by atoms with van der Waals surface area (Å²) >= 11 is 1.34. The number of ether oxygens (including phenoxy) is 1. The summed E-state index contributed by atoms with van der Waals surface area (Å²) in [4.78, 5) is 12.6. The van der Waals surface area contributed by atoms with E-state index in [1.165, 1.54) is 11.8 Å². The van der Waals surface area contributed by atoms with Crippen molar-refractivity contribution in [3.8, 4) is 17.1 Å². The molecule has 0 unspecified atom stereocenters. The highest BCUT2D eigenvalue weighted by Gasteiger charge is 2.17. The minimum atomic E-state index is -0.0917. The minimum Gasteiger partial charge on any atom is -0.497 e. The lowest BCUT2D eigenvalue weighted by atomic mass is 10.1. The molecule has 7 nitrogen and oxygen atoms in total. The van der Waals surface area contributed by atoms with E-state index in [9.17, 15) is 4.79 Å². The number of rotatable bonds is 8. The van der Waals surface area contributed by atoms with E-state index in [1.54, 1.807) is 13.4 Å². The zero-order valence-corrected chi connectivity index (χ0v) is 19.0. The Morgan fingerprint density at radius 2 is 1.81 bits per heavy atom. The molecule has 2 heterocycles. The summed E-state index contributed by atoms with van der Waals surface area (Å²) in [5.41, 5.74) is 3.82. The van der Waals surface area contributed by atoms with Crippen molar-refractivity contribution in [1.29, 1.82) is 0 Å². The molecule has 0 bridgehead atoms. The van der Waals surface area contributed by atoms with Crippen LogP contribution in [0.3, 0.4) is 0 Å². The molecule has 164 valence electrons. The van der Waals surface area contributed by atoms with Gasteiger partial charge in [-0.2, -0.15) is 0 Å². The number of nitrogens with zero attached hydrogens (tertiary/aromatic N) is 3. The number of thioether (sulfide) groups is 1. The first-order valence-corrected chi connectivity index (χ1v) is 11.1. The number of furan rings is 1. The summed E-state index contributed by atoms with van der Waals surface area (Å²) < 4.78 is 12.7. The van der Waals surface area contributed by atoms with Crippen molar-refractivity contribution >= 4 is 23.4 Å². The van der Waals surface area contributed by atoms with Gasteiger partial charge in [0.25, 0.3) is 0 Å². The number of carbonyl (C=O) groups is 1. The third-order valence-corrected chi connectivity index (χ3v) is 6.00. The van der Waals surface area contributed by atoms with Crippen LogP contribution in [0.15, 0.2) is 70.4 Å². The monoisotopic (exact) mass is 448 g/mol. The summed E-state index contributed by atoms with van der Waals surface area (Å²) in [6.07, 6.45) is 1.64. The van der Waals surface area contributed by atoms with E-state index in [-0.39, 0.29) is 11.7 Å². The molecule has 2 aromatic heterocycles. The van der Waals surface area contributed by atoms with E-state index in [0.29, 0.717) is 17.5 Å². The van der Waals surface area contributed by atoms with Crippen molar-refractivity contribution in [2.45, 2.75) is 25.5 Å². The SMILES string of the molecule is COc1ccc(-c2nnc(SCC(=O)Nc3c(C)cccc3C)n2Cc2ccco2)cc1. The van der Waals surface area contributed by atoms with Crippen LogP contribution in [-0.2, 0) is 11.3 Å². The standard InChI is InChI=1S/C24H24N4O3S/c1-16-6-4-7-17(2)22(16)25-21(29)15-32-24-27-26-23(18-9-11-19(30-3)12-10-18)28(24)14-20-8-5-13-31-20/h4-13H,14-15H2,1-3H3,(H,25,29). The van der Waals surface area contributed by atoms with Crippen LogP contribution in [0.25, 0.3) is 11.4 Å². The smallest absolute Gasteiger partial charge is 0.234 e. The van der Waals surface area contributed by atoms with E-state index in [4.69, 9.17) is 9.15 Å². The van der Waals surface area contributed by atoms with Gasteiger partial charge in [0.1, 0.15) is 11.5 Å². The Balaban J connectivity index is 1.55. The van der Waals surface area contributed by atoms with Crippen LogP contribution in [0.4, 0.5) is 5.69 Å². The van der Waals surface area contributed by atoms with Gasteiger partial charge in [0.15, 0.2) is 11.0 Å². The van der Waals surface area contributed by atoms with Gasteiger partial charge in [0.05, 0.1) is 25.7 Å². The second-order valence-corrected chi connectivity index (χ2v) is 8.25. The number of para-hydroxylation sites is 1. The molecule has 1 amide bonds. The number of hydrogen-bond acceptors (Lipinski definition) is 6. The van der Waals surface area contributed by atoms with Gasteiger partial charge >= 0.3 is 0 Å². The fourth-order valence-electron chi connectivity index (χ4n) is 3.37. The number of aryl methyl sites for hydroxylation is 2. The second kappa shape index (κ2) is 9.74. The third kappa shape index (κ3) is 4.86. The lowest BCUT2D eigenvalue weighted by Crippen LogP contribution is -2.16. The van der Waals surface area contributed by atoms with Gasteiger partial charge < -0.3 is 14.5 Å². The molecule has 0 radical (unpaired) electrons. The van der Waals surface area contributed by atoms with Gasteiger partial charge in [0, 0.05) is 11.3 Å². The Labute approximate surface area is 190 Å². The molecule has 1 N–H and O–H groups in total. The summed E-state index contributed by atoms with van der Waals surface area (Å²) in [6.45, 7) is 4.43. The Hall–Kier alpha value is -3.52. The highest BCUT2D eigenvalue weighted by atomic mass is 32.2. The molecule has 4 aromatic rings. The maximum atomic E-state index is 12.6. The van der Waals surface area contributed by atoms with Gasteiger partial charge in [-0.05, 0) is 61.4 Å². The molecule has 0 spiro atoms. The van der Waals surface area contributed by atoms with Gasteiger partial charge in [-0.15, -0.1) is 10.2 Å². The van der Waals surface area contributed by atoms with Crippen LogP contribution in [0.5, 0.6) is 5.75 Å². The first kappa shape index (κ1) is 21.7. The van der Waals surface area contributed by atoms with Crippen molar-refractivity contribution in [2.75, 3.05) is 18.2 Å². The molecular weight excluding hydrogens is 424 g/mol. The average Bonchev–Trinajstić information content (AvgIpc) is 3.45. The van der Waals surface area contributed by atoms with Crippen molar-refractivity contribution in [3.63, 3.8) is 0 Å². The number of carbonyl (C=O) groups excluding carboxylic acids is 1. The van der Waals surface area contributed by atoms with Crippen molar-refractivity contribution in [3.05, 3.63) is 77.7 Å². The lowest BCUT2D eigenvalue weighted by molar-refractivity contribution is -0.113. The molecule has 0 atom stereocenters. The van der Waals surface area contributed by atoms with Crippen molar-refractivity contribution in [2.24, 2.45) is 0 Å². The topological polar surface area (TPSA) is 82.2 Å². The molecular formula is C24H24N4O3S. The van der Waals surface area contributed by atoms with E-state index >= 15 is 0 Å². The van der Waals surface area contributed by atoms with Crippen LogP contribution < -0.4 is 10.1 Å². The molecule has 0 saturated heterocycles. The number of amides is 1. The van der Waals surface area contributed by atoms with E-state index in [1.807, 2.05) is 73.0 Å². The normalized spacial score (nSPS) is 10.8. The molecule has 2 aromatic carbocycles. The van der Waals surface area contributed by atoms with Crippen LogP contribution in [0, 0.1) is 13.8 Å². The van der Waals surface area contributed by atoms with E-state index in [2.05, 4.69) is 15.5 Å². The highest BCUT2D eigenvalue weighted by Crippen LogP contribution is 2.27. The Bertz CT molecular complexity index is 1180. The highest BCUT2D eigenvalue weighted by molar-refractivity contribution is 7.99. The fraction of sp³-hybridized carbons (Fsp3) is 0.208.